The van der Waals surface area contributed by atoms with Gasteiger partial charge in [0, 0.05) is 0 Å². The van der Waals surface area contributed by atoms with Crippen LogP contribution in [-0.2, 0) is 0 Å². The van der Waals surface area contributed by atoms with E-state index in [4.69, 9.17) is 12.2 Å². The Hall–Kier alpha value is -1.57. The molecule has 1 aromatic carbocycles. The molecule has 1 unspecified atom stereocenters. The van der Waals surface area contributed by atoms with Gasteiger partial charge < -0.3 is 0 Å². The maximum atomic E-state index is 5.74. The summed E-state index contributed by atoms with van der Waals surface area (Å²) < 4.78 is 5.74. The quantitative estimate of drug-likeness (QED) is 0.333. The van der Waals surface area contributed by atoms with Gasteiger partial charge in [-0.3, -0.25) is 0 Å². The van der Waals surface area contributed by atoms with E-state index in [-0.39, 0.29) is 0 Å². The van der Waals surface area contributed by atoms with E-state index in [1.54, 1.807) is 5.97 Å². The van der Waals surface area contributed by atoms with Crippen molar-refractivity contribution in [2.75, 3.05) is 0 Å². The average molecular weight is 313 g/mol. The number of rotatable bonds is 6. The predicted molar refractivity (Wildman–Crippen MR) is 108 cm³/mol. The third-order valence-electron chi connectivity index (χ3n) is 3.18. The number of benzene rings is 1. The van der Waals surface area contributed by atoms with Gasteiger partial charge in [0.15, 0.2) is 0 Å². The Balaban J connectivity index is 0. The molecule has 0 saturated carbocycles. The number of hydrogen-bond acceptors (Lipinski definition) is 1. The minimum atomic E-state index is 0.594. The average Bonchev–Trinajstić information content (AvgIpc) is 2.63. The molecule has 0 saturated heterocycles. The van der Waals surface area contributed by atoms with Crippen molar-refractivity contribution in [2.24, 2.45) is 0 Å². The second-order valence-electron chi connectivity index (χ2n) is 4.84. The first-order valence-corrected chi connectivity index (χ1v) is 8.74. The molecule has 0 spiro atoms. The summed E-state index contributed by atoms with van der Waals surface area (Å²) in [6.07, 6.45) is 5.00. The molecule has 0 bridgehead atoms. The first kappa shape index (κ1) is 23.7. The van der Waals surface area contributed by atoms with Gasteiger partial charge in [-0.25, -0.2) is 0 Å². The molecule has 1 rings (SSSR count). The summed E-state index contributed by atoms with van der Waals surface area (Å²) in [5.74, 6) is 3.88. The normalized spacial score (nSPS) is 12.1. The van der Waals surface area contributed by atoms with E-state index in [1.165, 1.54) is 5.56 Å². The monoisotopic (exact) mass is 313 g/mol. The first-order chi connectivity index (χ1) is 11.1. The molecule has 2 heteroatoms. The van der Waals surface area contributed by atoms with Crippen LogP contribution in [0.3, 0.4) is 0 Å². The molecule has 23 heavy (non-hydrogen) atoms. The molecular formula is C21H34BO. The van der Waals surface area contributed by atoms with E-state index in [9.17, 15) is 0 Å². The second-order valence-corrected chi connectivity index (χ2v) is 4.84. The molecule has 0 amide bonds. The van der Waals surface area contributed by atoms with E-state index >= 15 is 0 Å². The predicted octanol–water partition coefficient (Wildman–Crippen LogP) is 6.45. The van der Waals surface area contributed by atoms with Crippen LogP contribution in [0.4, 0.5) is 0 Å². The van der Waals surface area contributed by atoms with E-state index in [2.05, 4.69) is 26.0 Å². The standard InChI is InChI=1S/C17H22BO.2C2H6/c1-5-14(3)16-8-10-17(11-9-16)19-15(4)7-6-13(2)12-18;2*1-2/h6-12,14H,5H2,1-4H3;2*1-2H3/b13-6-,15-7+;;. The van der Waals surface area contributed by atoms with Crippen LogP contribution in [0, 0.1) is 0 Å². The maximum absolute atomic E-state index is 5.74. The zero-order valence-corrected chi connectivity index (χ0v) is 16.3. The van der Waals surface area contributed by atoms with Crippen LogP contribution in [0.1, 0.15) is 73.3 Å². The molecule has 0 heterocycles. The molecule has 1 nitrogen and oxygen atoms in total. The molecule has 0 aliphatic carbocycles. The molecule has 1 aromatic rings. The van der Waals surface area contributed by atoms with Crippen LogP contribution in [0.2, 0.25) is 0 Å². The van der Waals surface area contributed by atoms with Crippen molar-refractivity contribution in [3.8, 4) is 5.75 Å². The molecule has 0 aliphatic rings. The van der Waals surface area contributed by atoms with Gasteiger partial charge in [0.25, 0.3) is 0 Å². The Morgan fingerprint density at radius 2 is 1.57 bits per heavy atom. The Bertz CT molecular complexity index is 469. The van der Waals surface area contributed by atoms with Crippen molar-refractivity contribution in [3.63, 3.8) is 0 Å². The van der Waals surface area contributed by atoms with Crippen molar-refractivity contribution in [1.82, 2.24) is 0 Å². The third-order valence-corrected chi connectivity index (χ3v) is 3.18. The fourth-order valence-corrected chi connectivity index (χ4v) is 1.62. The van der Waals surface area contributed by atoms with E-state index in [0.29, 0.717) is 5.92 Å². The summed E-state index contributed by atoms with van der Waals surface area (Å²) in [6, 6.07) is 8.30. The molecule has 0 fully saturated rings. The van der Waals surface area contributed by atoms with Crippen LogP contribution < -0.4 is 4.74 Å². The minimum absolute atomic E-state index is 0.594. The van der Waals surface area contributed by atoms with Crippen LogP contribution in [-0.4, -0.2) is 13.5 Å². The van der Waals surface area contributed by atoms with Gasteiger partial charge >= 0.3 is 110 Å². The molecule has 0 N–H and O–H groups in total. The molecule has 0 aromatic heterocycles. The number of ether oxygens (including phenoxy) is 1. The van der Waals surface area contributed by atoms with Crippen LogP contribution in [0.5, 0.6) is 5.75 Å². The SMILES string of the molecule is CC.CC.[B]=C/C(C)=C\C=C(/C)Oc1ccc(C(C)CC)cc1. The Morgan fingerprint density at radius 1 is 1.04 bits per heavy atom. The Morgan fingerprint density at radius 3 is 2.00 bits per heavy atom. The van der Waals surface area contributed by atoms with Gasteiger partial charge in [-0.1, -0.05) is 34.6 Å². The van der Waals surface area contributed by atoms with Crippen molar-refractivity contribution in [3.05, 3.63) is 53.3 Å². The van der Waals surface area contributed by atoms with Gasteiger partial charge in [-0.05, 0) is 0 Å². The molecular weight excluding hydrogens is 279 g/mol. The summed E-state index contributed by atoms with van der Waals surface area (Å²) in [6.45, 7) is 16.3. The zero-order chi connectivity index (χ0) is 18.3. The number of allylic oxidation sites excluding steroid dienone is 4. The number of hydrogen-bond donors (Lipinski definition) is 0. The van der Waals surface area contributed by atoms with Crippen LogP contribution in [0.15, 0.2) is 47.7 Å². The molecule has 127 valence electrons. The van der Waals surface area contributed by atoms with E-state index in [0.717, 1.165) is 23.5 Å². The molecule has 1 atom stereocenters. The van der Waals surface area contributed by atoms with Crippen molar-refractivity contribution < 1.29 is 4.74 Å². The topological polar surface area (TPSA) is 9.23 Å². The summed E-state index contributed by atoms with van der Waals surface area (Å²) in [4.78, 5) is 0. The first-order valence-electron chi connectivity index (χ1n) is 8.74. The Labute approximate surface area is 145 Å². The second kappa shape index (κ2) is 15.3. The van der Waals surface area contributed by atoms with Gasteiger partial charge in [-0.15, -0.1) is 0 Å². The van der Waals surface area contributed by atoms with E-state index < -0.39 is 0 Å². The van der Waals surface area contributed by atoms with Crippen molar-refractivity contribution in [2.45, 2.75) is 67.7 Å². The van der Waals surface area contributed by atoms with E-state index in [1.807, 2.05) is 65.8 Å². The van der Waals surface area contributed by atoms with Crippen molar-refractivity contribution >= 4 is 13.5 Å². The summed E-state index contributed by atoms with van der Waals surface area (Å²) >= 11 is 0. The summed E-state index contributed by atoms with van der Waals surface area (Å²) in [5, 5.41) is 0. The van der Waals surface area contributed by atoms with Crippen LogP contribution >= 0.6 is 0 Å². The van der Waals surface area contributed by atoms with Gasteiger partial charge in [0.05, 0.1) is 0 Å². The molecule has 1 radical (unpaired) electrons. The van der Waals surface area contributed by atoms with Gasteiger partial charge in [-0.2, -0.15) is 0 Å². The fraction of sp³-hybridized carbons (Fsp3) is 0.476. The fourth-order valence-electron chi connectivity index (χ4n) is 1.62. The van der Waals surface area contributed by atoms with Gasteiger partial charge in [0.1, 0.15) is 0 Å². The third kappa shape index (κ3) is 10.7. The van der Waals surface area contributed by atoms with Gasteiger partial charge in [0.2, 0.25) is 0 Å². The van der Waals surface area contributed by atoms with Crippen molar-refractivity contribution in [1.29, 1.82) is 0 Å². The zero-order valence-electron chi connectivity index (χ0n) is 16.3. The Kier molecular flexibility index (Phi) is 15.8. The molecule has 0 aliphatic heterocycles. The summed E-state index contributed by atoms with van der Waals surface area (Å²) in [7, 11) is 5.41. The summed E-state index contributed by atoms with van der Waals surface area (Å²) in [5.41, 5.74) is 2.36. The van der Waals surface area contributed by atoms with Crippen LogP contribution in [0.25, 0.3) is 0 Å².